The average Bonchev–Trinajstić information content (AvgIpc) is 3.13. The van der Waals surface area contributed by atoms with Crippen LogP contribution in [0.4, 0.5) is 0 Å². The molecule has 3 heterocycles. The van der Waals surface area contributed by atoms with E-state index in [1.54, 1.807) is 11.3 Å². The Morgan fingerprint density at radius 3 is 2.95 bits per heavy atom. The molecule has 1 amide bonds. The number of hydrogen-bond acceptors (Lipinski definition) is 4. The van der Waals surface area contributed by atoms with Crippen LogP contribution in [-0.4, -0.2) is 32.1 Å². The van der Waals surface area contributed by atoms with Gasteiger partial charge in [-0.3, -0.25) is 9.48 Å². The number of hydrogen-bond donors (Lipinski definition) is 0. The number of likely N-dealkylation sites (tertiary alicyclic amines) is 1. The first kappa shape index (κ1) is 15.2. The van der Waals surface area contributed by atoms with Crippen molar-refractivity contribution >= 4 is 17.2 Å². The summed E-state index contributed by atoms with van der Waals surface area (Å²) < 4.78 is 1.85. The van der Waals surface area contributed by atoms with Crippen molar-refractivity contribution in [3.63, 3.8) is 0 Å². The van der Waals surface area contributed by atoms with Crippen molar-refractivity contribution in [2.45, 2.75) is 52.1 Å². The number of rotatable bonds is 4. The number of carbonyl (C=O) groups excluding carboxylic acids is 1. The molecule has 0 N–H and O–H groups in total. The van der Waals surface area contributed by atoms with Crippen LogP contribution in [0.5, 0.6) is 0 Å². The fourth-order valence-electron chi connectivity index (χ4n) is 2.96. The molecule has 3 rings (SSSR count). The molecule has 0 bridgehead atoms. The van der Waals surface area contributed by atoms with E-state index in [1.165, 1.54) is 6.42 Å². The van der Waals surface area contributed by atoms with Crippen LogP contribution in [0.2, 0.25) is 0 Å². The molecule has 22 heavy (non-hydrogen) atoms. The summed E-state index contributed by atoms with van der Waals surface area (Å²) in [6.07, 6.45) is 7.60. The van der Waals surface area contributed by atoms with Gasteiger partial charge in [0.25, 0.3) is 0 Å². The highest BCUT2D eigenvalue weighted by atomic mass is 32.1. The molecule has 6 heteroatoms. The van der Waals surface area contributed by atoms with Crippen LogP contribution in [0.15, 0.2) is 17.8 Å². The smallest absolute Gasteiger partial charge is 0.225 e. The van der Waals surface area contributed by atoms with Gasteiger partial charge in [-0.1, -0.05) is 0 Å². The Hall–Kier alpha value is -1.69. The molecule has 5 nitrogen and oxygen atoms in total. The maximum Gasteiger partial charge on any atom is 0.225 e. The normalized spacial score (nSPS) is 18.6. The second-order valence-corrected chi connectivity index (χ2v) is 6.85. The van der Waals surface area contributed by atoms with Gasteiger partial charge in [-0.2, -0.15) is 5.10 Å². The maximum absolute atomic E-state index is 12.6. The van der Waals surface area contributed by atoms with Crippen molar-refractivity contribution < 1.29 is 4.79 Å². The van der Waals surface area contributed by atoms with E-state index in [4.69, 9.17) is 0 Å². The lowest BCUT2D eigenvalue weighted by Gasteiger charge is -2.34. The fourth-order valence-corrected chi connectivity index (χ4v) is 3.90. The standard InChI is InChI=1S/C16H22N4OS/c1-12-9-17-19(10-12)8-6-15(21)20-7-4-3-5-14(20)16-18-13(2)11-22-16/h9-11,14H,3-8H2,1-2H3/t14-/m0/s1. The number of aromatic nitrogens is 3. The quantitative estimate of drug-likeness (QED) is 0.870. The van der Waals surface area contributed by atoms with E-state index in [0.29, 0.717) is 13.0 Å². The summed E-state index contributed by atoms with van der Waals surface area (Å²) in [5, 5.41) is 7.40. The SMILES string of the molecule is Cc1cnn(CCC(=O)N2CCCC[C@H]2c2nc(C)cs2)c1. The van der Waals surface area contributed by atoms with E-state index >= 15 is 0 Å². The molecule has 0 aromatic carbocycles. The number of aryl methyl sites for hydroxylation is 3. The third kappa shape index (κ3) is 3.38. The largest absolute Gasteiger partial charge is 0.333 e. The van der Waals surface area contributed by atoms with E-state index in [1.807, 2.05) is 35.8 Å². The zero-order valence-electron chi connectivity index (χ0n) is 13.2. The predicted octanol–water partition coefficient (Wildman–Crippen LogP) is 3.10. The molecular formula is C16H22N4OS. The Labute approximate surface area is 135 Å². The molecular weight excluding hydrogens is 296 g/mol. The highest BCUT2D eigenvalue weighted by Gasteiger charge is 2.29. The van der Waals surface area contributed by atoms with Crippen LogP contribution in [0.1, 0.15) is 48.0 Å². The number of amides is 1. The molecule has 0 radical (unpaired) electrons. The third-order valence-corrected chi connectivity index (χ3v) is 5.13. The highest BCUT2D eigenvalue weighted by Crippen LogP contribution is 2.33. The second-order valence-electron chi connectivity index (χ2n) is 5.96. The van der Waals surface area contributed by atoms with Gasteiger partial charge in [0.1, 0.15) is 5.01 Å². The van der Waals surface area contributed by atoms with E-state index in [9.17, 15) is 4.79 Å². The lowest BCUT2D eigenvalue weighted by Crippen LogP contribution is -2.38. The average molecular weight is 318 g/mol. The van der Waals surface area contributed by atoms with Crippen LogP contribution in [-0.2, 0) is 11.3 Å². The van der Waals surface area contributed by atoms with Gasteiger partial charge in [0.2, 0.25) is 5.91 Å². The van der Waals surface area contributed by atoms with Crippen molar-refractivity contribution in [3.8, 4) is 0 Å². The van der Waals surface area contributed by atoms with Crippen molar-refractivity contribution in [2.24, 2.45) is 0 Å². The molecule has 2 aromatic heterocycles. The lowest BCUT2D eigenvalue weighted by atomic mass is 10.0. The van der Waals surface area contributed by atoms with Crippen LogP contribution in [0, 0.1) is 13.8 Å². The number of nitrogens with zero attached hydrogens (tertiary/aromatic N) is 4. The van der Waals surface area contributed by atoms with Crippen LogP contribution >= 0.6 is 11.3 Å². The minimum Gasteiger partial charge on any atom is -0.333 e. The van der Waals surface area contributed by atoms with Crippen molar-refractivity contribution in [1.82, 2.24) is 19.7 Å². The van der Waals surface area contributed by atoms with Crippen molar-refractivity contribution in [2.75, 3.05) is 6.54 Å². The molecule has 1 aliphatic heterocycles. The van der Waals surface area contributed by atoms with Gasteiger partial charge >= 0.3 is 0 Å². The summed E-state index contributed by atoms with van der Waals surface area (Å²) in [4.78, 5) is 19.3. The number of piperidine rings is 1. The monoisotopic (exact) mass is 318 g/mol. The van der Waals surface area contributed by atoms with Crippen molar-refractivity contribution in [3.05, 3.63) is 34.0 Å². The summed E-state index contributed by atoms with van der Waals surface area (Å²) in [6, 6.07) is 0.166. The van der Waals surface area contributed by atoms with Gasteiger partial charge in [0.05, 0.1) is 12.2 Å². The molecule has 0 aliphatic carbocycles. The van der Waals surface area contributed by atoms with Crippen molar-refractivity contribution in [1.29, 1.82) is 0 Å². The fraction of sp³-hybridized carbons (Fsp3) is 0.562. The van der Waals surface area contributed by atoms with Gasteiger partial charge in [0.15, 0.2) is 0 Å². The Balaban J connectivity index is 1.66. The van der Waals surface area contributed by atoms with E-state index < -0.39 is 0 Å². The van der Waals surface area contributed by atoms with Gasteiger partial charge in [-0.05, 0) is 38.7 Å². The molecule has 0 spiro atoms. The first-order valence-electron chi connectivity index (χ1n) is 7.84. The second kappa shape index (κ2) is 6.60. The van der Waals surface area contributed by atoms with Gasteiger partial charge in [0, 0.05) is 36.8 Å². The highest BCUT2D eigenvalue weighted by molar-refractivity contribution is 7.09. The van der Waals surface area contributed by atoms with Gasteiger partial charge in [-0.25, -0.2) is 4.98 Å². The zero-order chi connectivity index (χ0) is 15.5. The molecule has 1 atom stereocenters. The van der Waals surface area contributed by atoms with Gasteiger partial charge < -0.3 is 4.90 Å². The Bertz CT molecular complexity index is 648. The van der Waals surface area contributed by atoms with Crippen LogP contribution in [0.3, 0.4) is 0 Å². The minimum atomic E-state index is 0.166. The zero-order valence-corrected chi connectivity index (χ0v) is 14.0. The Morgan fingerprint density at radius 1 is 1.41 bits per heavy atom. The van der Waals surface area contributed by atoms with Crippen LogP contribution in [0.25, 0.3) is 0 Å². The summed E-state index contributed by atoms with van der Waals surface area (Å²) >= 11 is 1.67. The first-order chi connectivity index (χ1) is 10.6. The van der Waals surface area contributed by atoms with E-state index in [2.05, 4.69) is 15.5 Å². The molecule has 0 unspecified atom stereocenters. The maximum atomic E-state index is 12.6. The van der Waals surface area contributed by atoms with Crippen LogP contribution < -0.4 is 0 Å². The summed E-state index contributed by atoms with van der Waals surface area (Å²) in [5.74, 6) is 0.214. The van der Waals surface area contributed by atoms with Gasteiger partial charge in [-0.15, -0.1) is 11.3 Å². The summed E-state index contributed by atoms with van der Waals surface area (Å²) in [6.45, 7) is 5.51. The first-order valence-corrected chi connectivity index (χ1v) is 8.72. The van der Waals surface area contributed by atoms with E-state index in [0.717, 1.165) is 35.7 Å². The molecule has 1 fully saturated rings. The summed E-state index contributed by atoms with van der Waals surface area (Å²) in [7, 11) is 0. The lowest BCUT2D eigenvalue weighted by molar-refractivity contribution is -0.135. The Morgan fingerprint density at radius 2 is 2.27 bits per heavy atom. The summed E-state index contributed by atoms with van der Waals surface area (Å²) in [5.41, 5.74) is 2.17. The third-order valence-electron chi connectivity index (χ3n) is 4.06. The molecule has 0 saturated carbocycles. The number of thiazole rings is 1. The Kier molecular flexibility index (Phi) is 4.57. The molecule has 118 valence electrons. The topological polar surface area (TPSA) is 51.0 Å². The minimum absolute atomic E-state index is 0.166. The molecule has 1 aliphatic rings. The molecule has 1 saturated heterocycles. The molecule has 2 aromatic rings. The van der Waals surface area contributed by atoms with E-state index in [-0.39, 0.29) is 11.9 Å². The predicted molar refractivity (Wildman–Crippen MR) is 86.7 cm³/mol. The number of carbonyl (C=O) groups is 1.